The van der Waals surface area contributed by atoms with Crippen LogP contribution in [-0.4, -0.2) is 5.91 Å². The summed E-state index contributed by atoms with van der Waals surface area (Å²) in [5.41, 5.74) is 3.46. The Morgan fingerprint density at radius 1 is 0.840 bits per heavy atom. The maximum absolute atomic E-state index is 12.5. The van der Waals surface area contributed by atoms with E-state index in [4.69, 9.17) is 0 Å². The predicted octanol–water partition coefficient (Wildman–Crippen LogP) is 4.90. The Labute approximate surface area is 146 Å². The fraction of sp³-hybridized carbons (Fsp3) is 0. The van der Waals surface area contributed by atoms with Gasteiger partial charge in [0.15, 0.2) is 0 Å². The largest absolute Gasteiger partial charge is 0.321 e. The van der Waals surface area contributed by atoms with Gasteiger partial charge in [-0.3, -0.25) is 4.79 Å². The molecule has 0 radical (unpaired) electrons. The van der Waals surface area contributed by atoms with Gasteiger partial charge in [0.05, 0.1) is 0 Å². The third-order valence-corrected chi connectivity index (χ3v) is 3.74. The first kappa shape index (κ1) is 16.2. The zero-order chi connectivity index (χ0) is 17.5. The number of anilines is 1. The van der Waals surface area contributed by atoms with Crippen molar-refractivity contribution in [2.24, 2.45) is 0 Å². The molecule has 3 aromatic rings. The van der Waals surface area contributed by atoms with Crippen LogP contribution in [0.15, 0.2) is 90.5 Å². The Morgan fingerprint density at radius 3 is 2.12 bits per heavy atom. The second-order valence-corrected chi connectivity index (χ2v) is 5.45. The molecule has 1 N–H and O–H groups in total. The van der Waals surface area contributed by atoms with Crippen LogP contribution in [0.25, 0.3) is 17.2 Å². The molecule has 25 heavy (non-hydrogen) atoms. The summed E-state index contributed by atoms with van der Waals surface area (Å²) >= 11 is 0. The van der Waals surface area contributed by atoms with E-state index in [1.165, 1.54) is 0 Å². The van der Waals surface area contributed by atoms with Crippen LogP contribution in [0.4, 0.5) is 5.69 Å². The second-order valence-electron chi connectivity index (χ2n) is 5.45. The lowest BCUT2D eigenvalue weighted by Crippen LogP contribution is -2.14. The molecule has 0 aromatic heterocycles. The fourth-order valence-electron chi connectivity index (χ4n) is 2.52. The number of hydrogen-bond acceptors (Lipinski definition) is 2. The minimum Gasteiger partial charge on any atom is -0.321 e. The molecule has 0 fully saturated rings. The zero-order valence-electron chi connectivity index (χ0n) is 13.5. The minimum atomic E-state index is -0.422. The van der Waals surface area contributed by atoms with Gasteiger partial charge in [0, 0.05) is 11.3 Å². The van der Waals surface area contributed by atoms with Crippen molar-refractivity contribution in [3.05, 3.63) is 96.1 Å². The van der Waals surface area contributed by atoms with Crippen molar-refractivity contribution in [2.45, 2.75) is 0 Å². The summed E-state index contributed by atoms with van der Waals surface area (Å²) in [6.07, 6.45) is 1.58. The highest BCUT2D eigenvalue weighted by atomic mass is 16.1. The Kier molecular flexibility index (Phi) is 5.04. The number of hydrogen-bond donors (Lipinski definition) is 1. The summed E-state index contributed by atoms with van der Waals surface area (Å²) in [5.74, 6) is -0.422. The van der Waals surface area contributed by atoms with Crippen LogP contribution in [0.3, 0.4) is 0 Å². The summed E-state index contributed by atoms with van der Waals surface area (Å²) in [4.78, 5) is 12.5. The normalized spacial score (nSPS) is 10.8. The zero-order valence-corrected chi connectivity index (χ0v) is 13.5. The Morgan fingerprint density at radius 2 is 1.44 bits per heavy atom. The van der Waals surface area contributed by atoms with Crippen LogP contribution in [0.2, 0.25) is 0 Å². The maximum Gasteiger partial charge on any atom is 0.266 e. The molecule has 0 aliphatic heterocycles. The Bertz CT molecular complexity index is 939. The lowest BCUT2D eigenvalue weighted by atomic mass is 10.0. The van der Waals surface area contributed by atoms with Crippen LogP contribution in [0.1, 0.15) is 5.56 Å². The van der Waals surface area contributed by atoms with Gasteiger partial charge >= 0.3 is 0 Å². The van der Waals surface area contributed by atoms with Crippen molar-refractivity contribution in [2.75, 3.05) is 5.32 Å². The quantitative estimate of drug-likeness (QED) is 0.548. The van der Waals surface area contributed by atoms with Gasteiger partial charge in [-0.25, -0.2) is 0 Å². The van der Waals surface area contributed by atoms with E-state index < -0.39 is 5.91 Å². The molecule has 3 nitrogen and oxygen atoms in total. The predicted molar refractivity (Wildman–Crippen MR) is 101 cm³/mol. The number of carbonyl (C=O) groups excluding carboxylic acids is 1. The highest BCUT2D eigenvalue weighted by Crippen LogP contribution is 2.27. The van der Waals surface area contributed by atoms with Crippen molar-refractivity contribution < 1.29 is 4.79 Å². The molecule has 1 amide bonds. The molecule has 0 aliphatic rings. The lowest BCUT2D eigenvalue weighted by molar-refractivity contribution is -0.112. The fourth-order valence-corrected chi connectivity index (χ4v) is 2.52. The highest BCUT2D eigenvalue weighted by Gasteiger charge is 2.12. The summed E-state index contributed by atoms with van der Waals surface area (Å²) in [7, 11) is 0. The van der Waals surface area contributed by atoms with E-state index in [0.29, 0.717) is 5.69 Å². The smallest absolute Gasteiger partial charge is 0.266 e. The number of nitrogens with one attached hydrogen (secondary N) is 1. The van der Waals surface area contributed by atoms with Gasteiger partial charge in [-0.1, -0.05) is 78.9 Å². The third kappa shape index (κ3) is 4.01. The molecule has 3 aromatic carbocycles. The number of carbonyl (C=O) groups is 1. The van der Waals surface area contributed by atoms with Crippen LogP contribution in [0, 0.1) is 11.3 Å². The molecular weight excluding hydrogens is 308 g/mol. The first-order chi connectivity index (χ1) is 12.3. The molecule has 0 spiro atoms. The van der Waals surface area contributed by atoms with Gasteiger partial charge in [0.2, 0.25) is 0 Å². The van der Waals surface area contributed by atoms with Gasteiger partial charge in [-0.05, 0) is 23.3 Å². The number of nitriles is 1. The average molecular weight is 324 g/mol. The molecule has 0 bridgehead atoms. The van der Waals surface area contributed by atoms with Crippen molar-refractivity contribution in [1.29, 1.82) is 5.26 Å². The molecular formula is C22H16N2O. The molecule has 3 heteroatoms. The highest BCUT2D eigenvalue weighted by molar-refractivity contribution is 6.11. The van der Waals surface area contributed by atoms with E-state index in [1.807, 2.05) is 91.0 Å². The number of rotatable bonds is 4. The van der Waals surface area contributed by atoms with Crippen molar-refractivity contribution in [1.82, 2.24) is 0 Å². The SMILES string of the molecule is N#CC(=Cc1ccccc1)C(=O)Nc1ccccc1-c1ccccc1. The first-order valence-corrected chi connectivity index (χ1v) is 7.90. The van der Waals surface area contributed by atoms with Gasteiger partial charge < -0.3 is 5.32 Å². The number of benzene rings is 3. The van der Waals surface area contributed by atoms with E-state index in [0.717, 1.165) is 16.7 Å². The monoisotopic (exact) mass is 324 g/mol. The summed E-state index contributed by atoms with van der Waals surface area (Å²) in [5, 5.41) is 12.2. The van der Waals surface area contributed by atoms with E-state index >= 15 is 0 Å². The number of para-hydroxylation sites is 1. The summed E-state index contributed by atoms with van der Waals surface area (Å²) < 4.78 is 0. The van der Waals surface area contributed by atoms with E-state index in [1.54, 1.807) is 6.08 Å². The lowest BCUT2D eigenvalue weighted by Gasteiger charge is -2.11. The van der Waals surface area contributed by atoms with Gasteiger partial charge in [0.25, 0.3) is 5.91 Å². The molecule has 0 saturated heterocycles. The van der Waals surface area contributed by atoms with Crippen molar-refractivity contribution >= 4 is 17.7 Å². The number of nitrogens with zero attached hydrogens (tertiary/aromatic N) is 1. The molecule has 120 valence electrons. The van der Waals surface area contributed by atoms with Gasteiger partial charge in [-0.2, -0.15) is 5.26 Å². The number of amides is 1. The van der Waals surface area contributed by atoms with Crippen LogP contribution in [-0.2, 0) is 4.79 Å². The summed E-state index contributed by atoms with van der Waals surface area (Å²) in [6.45, 7) is 0. The van der Waals surface area contributed by atoms with Crippen LogP contribution < -0.4 is 5.32 Å². The molecule has 0 saturated carbocycles. The minimum absolute atomic E-state index is 0.0639. The van der Waals surface area contributed by atoms with Gasteiger partial charge in [0.1, 0.15) is 11.6 Å². The van der Waals surface area contributed by atoms with Crippen molar-refractivity contribution in [3.8, 4) is 17.2 Å². The topological polar surface area (TPSA) is 52.9 Å². The maximum atomic E-state index is 12.5. The molecule has 0 unspecified atom stereocenters. The van der Waals surface area contributed by atoms with Crippen molar-refractivity contribution in [3.63, 3.8) is 0 Å². The Balaban J connectivity index is 1.89. The molecule has 0 heterocycles. The van der Waals surface area contributed by atoms with E-state index in [2.05, 4.69) is 5.32 Å². The van der Waals surface area contributed by atoms with Crippen LogP contribution >= 0.6 is 0 Å². The third-order valence-electron chi connectivity index (χ3n) is 3.74. The Hall–Kier alpha value is -3.64. The summed E-state index contributed by atoms with van der Waals surface area (Å²) in [6, 6.07) is 28.7. The molecule has 3 rings (SSSR count). The average Bonchev–Trinajstić information content (AvgIpc) is 2.68. The molecule has 0 atom stereocenters. The van der Waals surface area contributed by atoms with Gasteiger partial charge in [-0.15, -0.1) is 0 Å². The first-order valence-electron chi connectivity index (χ1n) is 7.90. The van der Waals surface area contributed by atoms with E-state index in [-0.39, 0.29) is 5.57 Å². The van der Waals surface area contributed by atoms with Crippen LogP contribution in [0.5, 0.6) is 0 Å². The molecule has 0 aliphatic carbocycles. The second kappa shape index (κ2) is 7.76. The van der Waals surface area contributed by atoms with E-state index in [9.17, 15) is 10.1 Å². The standard InChI is InChI=1S/C22H16N2O/c23-16-19(15-17-9-3-1-4-10-17)22(25)24-21-14-8-7-13-20(21)18-11-5-2-6-12-18/h1-15H,(H,24,25).